The van der Waals surface area contributed by atoms with E-state index in [9.17, 15) is 13.2 Å². The topological polar surface area (TPSA) is 66.5 Å². The molecule has 0 bridgehead atoms. The average molecular weight is 492 g/mol. The van der Waals surface area contributed by atoms with Crippen LogP contribution in [0.2, 0.25) is 5.02 Å². The normalized spacial score (nSPS) is 16.4. The zero-order valence-corrected chi connectivity index (χ0v) is 18.5. The van der Waals surface area contributed by atoms with Gasteiger partial charge in [0.25, 0.3) is 10.0 Å². The highest BCUT2D eigenvalue weighted by molar-refractivity contribution is 9.11. The Kier molecular flexibility index (Phi) is 6.97. The molecule has 0 saturated carbocycles. The molecular weight excluding hydrogens is 472 g/mol. The van der Waals surface area contributed by atoms with Gasteiger partial charge in [0.05, 0.1) is 3.79 Å². The van der Waals surface area contributed by atoms with Gasteiger partial charge in [0.1, 0.15) is 4.21 Å². The maximum atomic E-state index is 12.6. The number of halogens is 2. The Bertz CT molecular complexity index is 909. The van der Waals surface area contributed by atoms with Crippen LogP contribution in [-0.2, 0) is 21.2 Å². The van der Waals surface area contributed by atoms with Crippen molar-refractivity contribution in [2.75, 3.05) is 19.6 Å². The summed E-state index contributed by atoms with van der Waals surface area (Å²) in [5.74, 6) is -0.154. The number of piperidine rings is 1. The summed E-state index contributed by atoms with van der Waals surface area (Å²) in [6.07, 6.45) is 1.79. The minimum Gasteiger partial charge on any atom is -0.356 e. The first-order valence-electron chi connectivity index (χ1n) is 8.64. The predicted octanol–water partition coefficient (Wildman–Crippen LogP) is 3.92. The van der Waals surface area contributed by atoms with Crippen LogP contribution in [0.25, 0.3) is 0 Å². The van der Waals surface area contributed by atoms with E-state index in [0.29, 0.717) is 48.1 Å². The molecular formula is C18H20BrClN2O3S2. The van der Waals surface area contributed by atoms with E-state index in [4.69, 9.17) is 11.6 Å². The first kappa shape index (κ1) is 20.8. The van der Waals surface area contributed by atoms with Crippen molar-refractivity contribution in [3.8, 4) is 0 Å². The van der Waals surface area contributed by atoms with E-state index < -0.39 is 10.0 Å². The average Bonchev–Trinajstić information content (AvgIpc) is 3.09. The van der Waals surface area contributed by atoms with Gasteiger partial charge in [-0.15, -0.1) is 11.3 Å². The van der Waals surface area contributed by atoms with Crippen LogP contribution in [-0.4, -0.2) is 38.3 Å². The lowest BCUT2D eigenvalue weighted by atomic mass is 9.97. The fourth-order valence-electron chi connectivity index (χ4n) is 3.09. The van der Waals surface area contributed by atoms with Gasteiger partial charge in [-0.3, -0.25) is 4.79 Å². The number of carbonyl (C=O) groups excluding carboxylic acids is 1. The summed E-state index contributed by atoms with van der Waals surface area (Å²) >= 11 is 10.5. The predicted molar refractivity (Wildman–Crippen MR) is 112 cm³/mol. The van der Waals surface area contributed by atoms with Crippen LogP contribution in [0.3, 0.4) is 0 Å². The molecule has 2 aromatic rings. The number of hydrogen-bond donors (Lipinski definition) is 1. The molecule has 2 heterocycles. The number of sulfonamides is 1. The fraction of sp³-hybridized carbons (Fsp3) is 0.389. The van der Waals surface area contributed by atoms with Crippen molar-refractivity contribution in [2.45, 2.75) is 23.5 Å². The number of rotatable bonds is 6. The second-order valence-corrected chi connectivity index (χ2v) is 11.5. The van der Waals surface area contributed by atoms with Gasteiger partial charge in [0.2, 0.25) is 5.91 Å². The molecule has 1 N–H and O–H groups in total. The van der Waals surface area contributed by atoms with E-state index >= 15 is 0 Å². The van der Waals surface area contributed by atoms with Crippen LogP contribution >= 0.6 is 38.9 Å². The lowest BCUT2D eigenvalue weighted by Crippen LogP contribution is -2.43. The molecule has 0 spiro atoms. The molecule has 0 unspecified atom stereocenters. The lowest BCUT2D eigenvalue weighted by molar-refractivity contribution is -0.126. The number of nitrogens with zero attached hydrogens (tertiary/aromatic N) is 1. The molecule has 9 heteroatoms. The van der Waals surface area contributed by atoms with Gasteiger partial charge in [0, 0.05) is 30.6 Å². The maximum Gasteiger partial charge on any atom is 0.252 e. The van der Waals surface area contributed by atoms with Crippen molar-refractivity contribution >= 4 is 54.8 Å². The van der Waals surface area contributed by atoms with Gasteiger partial charge in [-0.2, -0.15) is 4.31 Å². The Morgan fingerprint density at radius 3 is 2.63 bits per heavy atom. The smallest absolute Gasteiger partial charge is 0.252 e. The van der Waals surface area contributed by atoms with Crippen LogP contribution in [0.4, 0.5) is 0 Å². The number of nitrogens with one attached hydrogen (secondary N) is 1. The quantitative estimate of drug-likeness (QED) is 0.666. The lowest BCUT2D eigenvalue weighted by Gasteiger charge is -2.30. The Balaban J connectivity index is 1.48. The highest BCUT2D eigenvalue weighted by Gasteiger charge is 2.32. The molecule has 3 rings (SSSR count). The van der Waals surface area contributed by atoms with Gasteiger partial charge in [-0.1, -0.05) is 23.7 Å². The van der Waals surface area contributed by atoms with E-state index in [0.717, 1.165) is 9.35 Å². The zero-order valence-electron chi connectivity index (χ0n) is 14.5. The van der Waals surface area contributed by atoms with Crippen molar-refractivity contribution in [3.63, 3.8) is 0 Å². The summed E-state index contributed by atoms with van der Waals surface area (Å²) in [5, 5.41) is 3.64. The Morgan fingerprint density at radius 1 is 1.26 bits per heavy atom. The van der Waals surface area contributed by atoms with Crippen LogP contribution in [0, 0.1) is 5.92 Å². The zero-order chi connectivity index (χ0) is 19.4. The maximum absolute atomic E-state index is 12.6. The van der Waals surface area contributed by atoms with Crippen LogP contribution in [0.15, 0.2) is 44.4 Å². The summed E-state index contributed by atoms with van der Waals surface area (Å²) in [5.41, 5.74) is 1.07. The van der Waals surface area contributed by atoms with Crippen LogP contribution < -0.4 is 5.32 Å². The Morgan fingerprint density at radius 2 is 2.00 bits per heavy atom. The third kappa shape index (κ3) is 5.32. The fourth-order valence-corrected chi connectivity index (χ4v) is 6.94. The molecule has 146 valence electrons. The third-order valence-electron chi connectivity index (χ3n) is 4.57. The molecule has 1 aromatic carbocycles. The molecule has 1 amide bonds. The van der Waals surface area contributed by atoms with Crippen molar-refractivity contribution in [2.24, 2.45) is 5.92 Å². The van der Waals surface area contributed by atoms with Crippen LogP contribution in [0.5, 0.6) is 0 Å². The molecule has 0 atom stereocenters. The van der Waals surface area contributed by atoms with E-state index in [1.165, 1.54) is 15.6 Å². The largest absolute Gasteiger partial charge is 0.356 e. The third-order valence-corrected chi connectivity index (χ3v) is 8.79. The number of thiophene rings is 1. The molecule has 27 heavy (non-hydrogen) atoms. The second-order valence-electron chi connectivity index (χ2n) is 6.41. The summed E-state index contributed by atoms with van der Waals surface area (Å²) in [7, 11) is -3.47. The molecule has 1 aromatic heterocycles. The molecule has 0 radical (unpaired) electrons. The van der Waals surface area contributed by atoms with Crippen molar-refractivity contribution < 1.29 is 13.2 Å². The number of hydrogen-bond acceptors (Lipinski definition) is 4. The van der Waals surface area contributed by atoms with E-state index in [1.807, 2.05) is 24.3 Å². The van der Waals surface area contributed by atoms with Gasteiger partial charge in [-0.05, 0) is 65.0 Å². The number of benzene rings is 1. The molecule has 1 aliphatic heterocycles. The van der Waals surface area contributed by atoms with E-state index in [2.05, 4.69) is 21.2 Å². The minimum absolute atomic E-state index is 0.00653. The van der Waals surface area contributed by atoms with Gasteiger partial charge in [0.15, 0.2) is 0 Å². The summed E-state index contributed by atoms with van der Waals surface area (Å²) in [4.78, 5) is 12.4. The summed E-state index contributed by atoms with van der Waals surface area (Å²) in [6, 6.07) is 10.9. The molecule has 0 aliphatic carbocycles. The van der Waals surface area contributed by atoms with Crippen molar-refractivity contribution in [1.29, 1.82) is 0 Å². The summed E-state index contributed by atoms with van der Waals surface area (Å²) in [6.45, 7) is 1.27. The SMILES string of the molecule is O=C(NCCc1cccc(Cl)c1)C1CCN(S(=O)(=O)c2ccc(Br)s2)CC1. The molecule has 1 aliphatic rings. The number of carbonyl (C=O) groups is 1. The Hall–Kier alpha value is -0.930. The summed E-state index contributed by atoms with van der Waals surface area (Å²) < 4.78 is 27.9. The molecule has 1 fully saturated rings. The van der Waals surface area contributed by atoms with Crippen LogP contribution in [0.1, 0.15) is 18.4 Å². The molecule has 5 nitrogen and oxygen atoms in total. The van der Waals surface area contributed by atoms with Crippen molar-refractivity contribution in [1.82, 2.24) is 9.62 Å². The first-order valence-corrected chi connectivity index (χ1v) is 12.1. The van der Waals surface area contributed by atoms with Gasteiger partial charge < -0.3 is 5.32 Å². The van der Waals surface area contributed by atoms with Gasteiger partial charge >= 0.3 is 0 Å². The highest BCUT2D eigenvalue weighted by atomic mass is 79.9. The van der Waals surface area contributed by atoms with Crippen molar-refractivity contribution in [3.05, 3.63) is 50.8 Å². The number of amides is 1. The standard InChI is InChI=1S/C18H20BrClN2O3S2/c19-16-4-5-17(26-16)27(24,25)22-10-7-14(8-11-22)18(23)21-9-6-13-2-1-3-15(20)12-13/h1-5,12,14H,6-11H2,(H,21,23). The van der Waals surface area contributed by atoms with E-state index in [-0.39, 0.29) is 11.8 Å². The second kappa shape index (κ2) is 9.05. The molecule has 1 saturated heterocycles. The minimum atomic E-state index is -3.47. The highest BCUT2D eigenvalue weighted by Crippen LogP contribution is 2.30. The first-order chi connectivity index (χ1) is 12.9. The monoisotopic (exact) mass is 490 g/mol. The van der Waals surface area contributed by atoms with E-state index in [1.54, 1.807) is 12.1 Å². The Labute approximate surface area is 176 Å². The van der Waals surface area contributed by atoms with Gasteiger partial charge in [-0.25, -0.2) is 8.42 Å².